The van der Waals surface area contributed by atoms with Crippen LogP contribution in [0.4, 0.5) is 0 Å². The fourth-order valence-corrected chi connectivity index (χ4v) is 1.99. The van der Waals surface area contributed by atoms with Gasteiger partial charge in [0.25, 0.3) is 0 Å². The minimum Gasteiger partial charge on any atom is -0.481 e. The van der Waals surface area contributed by atoms with Crippen molar-refractivity contribution in [2.24, 2.45) is 0 Å². The topological polar surface area (TPSA) is 122 Å². The minimum absolute atomic E-state index is 0.0715. The standard InChI is InChI=1S/C19H37NO9/c1-20-6-7-24-8-9-25-10-11-26-12-13-27-14-15-28-16-17-29-19(23)5-3-2-4-18(21)22/h20H,2-17H2,1H3,(H,21,22). The third kappa shape index (κ3) is 24.7. The number of hydrogen-bond donors (Lipinski definition) is 2. The summed E-state index contributed by atoms with van der Waals surface area (Å²) in [5.74, 6) is -1.19. The van der Waals surface area contributed by atoms with Crippen LogP contribution in [-0.4, -0.2) is 103 Å². The largest absolute Gasteiger partial charge is 0.481 e. The van der Waals surface area contributed by atoms with Crippen LogP contribution in [0.1, 0.15) is 25.7 Å². The molecule has 0 bridgehead atoms. The Morgan fingerprint density at radius 1 is 0.655 bits per heavy atom. The molecule has 0 saturated heterocycles. The highest BCUT2D eigenvalue weighted by Crippen LogP contribution is 2.01. The summed E-state index contributed by atoms with van der Waals surface area (Å²) in [5.41, 5.74) is 0. The van der Waals surface area contributed by atoms with E-state index in [9.17, 15) is 9.59 Å². The van der Waals surface area contributed by atoms with E-state index < -0.39 is 5.97 Å². The van der Waals surface area contributed by atoms with Gasteiger partial charge in [-0.3, -0.25) is 9.59 Å². The molecule has 0 aliphatic carbocycles. The van der Waals surface area contributed by atoms with Gasteiger partial charge in [-0.05, 0) is 19.9 Å². The van der Waals surface area contributed by atoms with Crippen LogP contribution in [0.3, 0.4) is 0 Å². The molecule has 10 nitrogen and oxygen atoms in total. The lowest BCUT2D eigenvalue weighted by molar-refractivity contribution is -0.146. The van der Waals surface area contributed by atoms with Gasteiger partial charge in [0.15, 0.2) is 0 Å². The van der Waals surface area contributed by atoms with E-state index in [-0.39, 0.29) is 25.4 Å². The van der Waals surface area contributed by atoms with Crippen molar-refractivity contribution in [3.63, 3.8) is 0 Å². The zero-order valence-corrected chi connectivity index (χ0v) is 17.5. The van der Waals surface area contributed by atoms with Crippen LogP contribution in [0, 0.1) is 0 Å². The second-order valence-electron chi connectivity index (χ2n) is 5.99. The lowest BCUT2D eigenvalue weighted by atomic mass is 10.2. The maximum atomic E-state index is 11.4. The maximum Gasteiger partial charge on any atom is 0.305 e. The molecular formula is C19H37NO9. The summed E-state index contributed by atoms with van der Waals surface area (Å²) in [7, 11) is 1.88. The van der Waals surface area contributed by atoms with Crippen molar-refractivity contribution in [2.75, 3.05) is 86.3 Å². The molecule has 0 atom stereocenters. The predicted molar refractivity (Wildman–Crippen MR) is 105 cm³/mol. The molecule has 0 heterocycles. The number of carbonyl (C=O) groups excluding carboxylic acids is 1. The third-order valence-corrected chi connectivity index (χ3v) is 3.50. The van der Waals surface area contributed by atoms with Crippen LogP contribution in [0.2, 0.25) is 0 Å². The Hall–Kier alpha value is -1.30. The molecule has 0 unspecified atom stereocenters. The summed E-state index contributed by atoms with van der Waals surface area (Å²) in [4.78, 5) is 21.7. The second-order valence-corrected chi connectivity index (χ2v) is 5.99. The molecule has 0 aromatic carbocycles. The Balaban J connectivity index is 3.11. The van der Waals surface area contributed by atoms with E-state index in [0.717, 1.165) is 6.54 Å². The first-order valence-corrected chi connectivity index (χ1v) is 10.1. The Morgan fingerprint density at radius 2 is 1.07 bits per heavy atom. The quantitative estimate of drug-likeness (QED) is 0.177. The normalized spacial score (nSPS) is 10.9. The summed E-state index contributed by atoms with van der Waals surface area (Å²) >= 11 is 0. The molecule has 0 radical (unpaired) electrons. The summed E-state index contributed by atoms with van der Waals surface area (Å²) in [6, 6.07) is 0. The average molecular weight is 424 g/mol. The Bertz CT molecular complexity index is 383. The molecule has 2 N–H and O–H groups in total. The van der Waals surface area contributed by atoms with Gasteiger partial charge < -0.3 is 38.8 Å². The number of carbonyl (C=O) groups is 2. The van der Waals surface area contributed by atoms with Gasteiger partial charge >= 0.3 is 11.9 Å². The van der Waals surface area contributed by atoms with Crippen molar-refractivity contribution in [1.29, 1.82) is 0 Å². The molecule has 0 amide bonds. The number of ether oxygens (including phenoxy) is 6. The van der Waals surface area contributed by atoms with Crippen LogP contribution in [0.25, 0.3) is 0 Å². The summed E-state index contributed by atoms with van der Waals surface area (Å²) in [6.45, 7) is 5.98. The summed E-state index contributed by atoms with van der Waals surface area (Å²) < 4.78 is 31.7. The molecule has 0 rings (SSSR count). The predicted octanol–water partition coefficient (Wildman–Crippen LogP) is 0.477. The van der Waals surface area contributed by atoms with Gasteiger partial charge in [0.1, 0.15) is 6.61 Å². The molecule has 0 aromatic rings. The van der Waals surface area contributed by atoms with Crippen molar-refractivity contribution in [2.45, 2.75) is 25.7 Å². The molecule has 0 aliphatic heterocycles. The number of esters is 1. The van der Waals surface area contributed by atoms with Gasteiger partial charge in [0, 0.05) is 19.4 Å². The van der Waals surface area contributed by atoms with Crippen molar-refractivity contribution in [3.05, 3.63) is 0 Å². The van der Waals surface area contributed by atoms with Gasteiger partial charge in [-0.25, -0.2) is 0 Å². The minimum atomic E-state index is -0.855. The number of aliphatic carboxylic acids is 1. The summed E-state index contributed by atoms with van der Waals surface area (Å²) in [6.07, 6.45) is 1.29. The number of carboxylic acid groups (broad SMARTS) is 1. The van der Waals surface area contributed by atoms with Gasteiger partial charge in [-0.2, -0.15) is 0 Å². The highest BCUT2D eigenvalue weighted by Gasteiger charge is 2.04. The Kier molecular flexibility index (Phi) is 22.0. The van der Waals surface area contributed by atoms with E-state index in [1.807, 2.05) is 7.05 Å². The van der Waals surface area contributed by atoms with Gasteiger partial charge in [-0.1, -0.05) is 0 Å². The number of carboxylic acids is 1. The molecule has 0 aliphatic rings. The zero-order chi connectivity index (χ0) is 21.4. The molecular weight excluding hydrogens is 386 g/mol. The van der Waals surface area contributed by atoms with E-state index in [0.29, 0.717) is 78.9 Å². The fourth-order valence-electron chi connectivity index (χ4n) is 1.99. The molecule has 0 aromatic heterocycles. The number of unbranched alkanes of at least 4 members (excludes halogenated alkanes) is 1. The highest BCUT2D eigenvalue weighted by atomic mass is 16.6. The third-order valence-electron chi connectivity index (χ3n) is 3.50. The molecule has 172 valence electrons. The molecule has 0 saturated carbocycles. The smallest absolute Gasteiger partial charge is 0.305 e. The second kappa shape index (κ2) is 23.0. The van der Waals surface area contributed by atoms with E-state index in [1.165, 1.54) is 0 Å². The van der Waals surface area contributed by atoms with Crippen molar-refractivity contribution >= 4 is 11.9 Å². The van der Waals surface area contributed by atoms with E-state index in [2.05, 4.69) is 5.32 Å². The van der Waals surface area contributed by atoms with E-state index in [1.54, 1.807) is 0 Å². The molecule has 0 spiro atoms. The van der Waals surface area contributed by atoms with Gasteiger partial charge in [-0.15, -0.1) is 0 Å². The van der Waals surface area contributed by atoms with Crippen LogP contribution in [0.15, 0.2) is 0 Å². The molecule has 10 heteroatoms. The number of nitrogens with one attached hydrogen (secondary N) is 1. The maximum absolute atomic E-state index is 11.4. The first kappa shape index (κ1) is 27.7. The van der Waals surface area contributed by atoms with Crippen LogP contribution in [-0.2, 0) is 38.0 Å². The van der Waals surface area contributed by atoms with Crippen molar-refractivity contribution in [1.82, 2.24) is 5.32 Å². The van der Waals surface area contributed by atoms with Gasteiger partial charge in [0.2, 0.25) is 0 Å². The lowest BCUT2D eigenvalue weighted by Gasteiger charge is -2.08. The van der Waals surface area contributed by atoms with E-state index in [4.69, 9.17) is 33.5 Å². The molecule has 29 heavy (non-hydrogen) atoms. The SMILES string of the molecule is CNCCOCCOCCOCCOCCOCCOC(=O)CCCCC(=O)O. The van der Waals surface area contributed by atoms with Crippen LogP contribution >= 0.6 is 0 Å². The average Bonchev–Trinajstić information content (AvgIpc) is 2.70. The monoisotopic (exact) mass is 423 g/mol. The van der Waals surface area contributed by atoms with Gasteiger partial charge in [0.05, 0.1) is 66.1 Å². The van der Waals surface area contributed by atoms with E-state index >= 15 is 0 Å². The van der Waals surface area contributed by atoms with Crippen LogP contribution < -0.4 is 5.32 Å². The van der Waals surface area contributed by atoms with Crippen molar-refractivity contribution < 1.29 is 43.1 Å². The van der Waals surface area contributed by atoms with Crippen LogP contribution in [0.5, 0.6) is 0 Å². The first-order valence-electron chi connectivity index (χ1n) is 10.1. The lowest BCUT2D eigenvalue weighted by Crippen LogP contribution is -2.17. The Labute approximate surface area is 173 Å². The van der Waals surface area contributed by atoms with Crippen molar-refractivity contribution in [3.8, 4) is 0 Å². The summed E-state index contributed by atoms with van der Waals surface area (Å²) in [5, 5.41) is 11.5. The fraction of sp³-hybridized carbons (Fsp3) is 0.895. The number of likely N-dealkylation sites (N-methyl/N-ethyl adjacent to an activating group) is 1. The number of hydrogen-bond acceptors (Lipinski definition) is 9. The number of rotatable bonds is 23. The Morgan fingerprint density at radius 3 is 1.52 bits per heavy atom. The first-order chi connectivity index (χ1) is 14.2. The zero-order valence-electron chi connectivity index (χ0n) is 17.5. The highest BCUT2D eigenvalue weighted by molar-refractivity contribution is 5.69. The molecule has 0 fully saturated rings.